The summed E-state index contributed by atoms with van der Waals surface area (Å²) in [5.41, 5.74) is 35.6. The Balaban J connectivity index is 0.000000107. The summed E-state index contributed by atoms with van der Waals surface area (Å²) in [4.78, 5) is 0. The van der Waals surface area contributed by atoms with E-state index in [1.807, 2.05) is 86.8 Å². The zero-order valence-corrected chi connectivity index (χ0v) is 79.4. The molecule has 30 rings (SSSR count). The first-order chi connectivity index (χ1) is 73.0. The normalized spacial score (nSPS) is 11.7. The van der Waals surface area contributed by atoms with Crippen LogP contribution in [0.5, 0.6) is 0 Å². The summed E-state index contributed by atoms with van der Waals surface area (Å²) in [5.74, 6) is 0. The average Bonchev–Trinajstić information content (AvgIpc) is 1.55. The molecule has 690 valence electrons. The molecule has 9 aromatic heterocycles. The van der Waals surface area contributed by atoms with Gasteiger partial charge < -0.3 is 27.4 Å². The van der Waals surface area contributed by atoms with Gasteiger partial charge in [-0.05, 0) is 176 Å². The third kappa shape index (κ3) is 14.2. The molecule has 0 radical (unpaired) electrons. The molecule has 0 unspecified atom stereocenters. The van der Waals surface area contributed by atoms with E-state index in [1.165, 1.54) is 131 Å². The Labute approximate surface area is 843 Å². The van der Waals surface area contributed by atoms with E-state index in [2.05, 4.69) is 513 Å². The molecule has 30 aromatic rings. The van der Waals surface area contributed by atoms with E-state index in [4.69, 9.17) is 0 Å². The van der Waals surface area contributed by atoms with E-state index < -0.39 is 0 Å². The van der Waals surface area contributed by atoms with Crippen LogP contribution in [0.1, 0.15) is 0 Å². The maximum atomic E-state index is 4.68. The third-order valence-corrected chi connectivity index (χ3v) is 28.8. The van der Waals surface area contributed by atoms with E-state index in [0.717, 1.165) is 119 Å². The number of fused-ring (bicyclic) bond motifs is 20. The highest BCUT2D eigenvalue weighted by Crippen LogP contribution is 2.48. The monoisotopic (exact) mass is 1880 g/mol. The smallest absolute Gasteiger partial charge is 0.121 e. The summed E-state index contributed by atoms with van der Waals surface area (Å²) in [6, 6.07) is 186. The largest absolute Gasteiger partial charge is 0.309 e. The van der Waals surface area contributed by atoms with E-state index in [1.54, 1.807) is 0 Å². The van der Waals surface area contributed by atoms with Crippen LogP contribution >= 0.6 is 0 Å². The number of hydrogen-bond donors (Lipinski definition) is 0. The molecule has 0 bridgehead atoms. The van der Waals surface area contributed by atoms with Gasteiger partial charge >= 0.3 is 0 Å². The topological polar surface area (TPSA) is 122 Å². The molecule has 0 spiro atoms. The van der Waals surface area contributed by atoms with E-state index in [9.17, 15) is 0 Å². The van der Waals surface area contributed by atoms with Crippen LogP contribution in [0.25, 0.3) is 250 Å². The van der Waals surface area contributed by atoms with Crippen molar-refractivity contribution in [3.8, 4) is 119 Å². The lowest BCUT2D eigenvalue weighted by Crippen LogP contribution is -2.01. The minimum Gasteiger partial charge on any atom is -0.309 e. The van der Waals surface area contributed by atoms with Gasteiger partial charge in [-0.25, -0.2) is 14.0 Å². The highest BCUT2D eigenvalue weighted by molar-refractivity contribution is 6.30. The lowest BCUT2D eigenvalue weighted by Gasteiger charge is -2.12. The lowest BCUT2D eigenvalue weighted by molar-refractivity contribution is 0.808. The van der Waals surface area contributed by atoms with Crippen LogP contribution in [-0.2, 0) is 0 Å². The quantitative estimate of drug-likeness (QED) is 0.101. The highest BCUT2D eigenvalue weighted by Gasteiger charge is 2.29. The molecular weight excluding hydrogens is 1800 g/mol. The van der Waals surface area contributed by atoms with Crippen molar-refractivity contribution < 1.29 is 0 Å². The summed E-state index contributed by atoms with van der Waals surface area (Å²) >= 11 is 0. The van der Waals surface area contributed by atoms with Gasteiger partial charge in [0, 0.05) is 132 Å². The van der Waals surface area contributed by atoms with E-state index in [0.29, 0.717) is 0 Å². The van der Waals surface area contributed by atoms with Crippen LogP contribution in [0, 0.1) is 0 Å². The molecule has 0 saturated carbocycles. The molecular formula is C132H87N15. The molecule has 0 aliphatic carbocycles. The molecule has 147 heavy (non-hydrogen) atoms. The molecule has 0 atom stereocenters. The van der Waals surface area contributed by atoms with Gasteiger partial charge in [0.25, 0.3) is 0 Å². The van der Waals surface area contributed by atoms with Gasteiger partial charge in [0.05, 0.1) is 83.3 Å². The van der Waals surface area contributed by atoms with Gasteiger partial charge in [0.15, 0.2) is 0 Å². The van der Waals surface area contributed by atoms with Crippen LogP contribution in [0.3, 0.4) is 0 Å². The number of benzene rings is 21. The number of hydrogen-bond acceptors (Lipinski definition) is 6. The van der Waals surface area contributed by atoms with Crippen molar-refractivity contribution in [3.63, 3.8) is 0 Å². The number of rotatable bonds is 15. The van der Waals surface area contributed by atoms with Crippen molar-refractivity contribution in [2.75, 3.05) is 0 Å². The zero-order valence-electron chi connectivity index (χ0n) is 79.4. The fourth-order valence-corrected chi connectivity index (χ4v) is 22.4. The highest BCUT2D eigenvalue weighted by atomic mass is 15.4. The predicted molar refractivity (Wildman–Crippen MR) is 603 cm³/mol. The second-order valence-electron chi connectivity index (χ2n) is 37.1. The van der Waals surface area contributed by atoms with Crippen molar-refractivity contribution in [3.05, 3.63) is 528 Å². The molecule has 0 aliphatic heterocycles. The van der Waals surface area contributed by atoms with Gasteiger partial charge in [-0.15, -0.1) is 15.3 Å². The third-order valence-electron chi connectivity index (χ3n) is 28.8. The van der Waals surface area contributed by atoms with Crippen molar-refractivity contribution in [1.82, 2.24) is 72.4 Å². The maximum absolute atomic E-state index is 4.68. The molecule has 0 N–H and O–H groups in total. The first-order valence-electron chi connectivity index (χ1n) is 49.6. The van der Waals surface area contributed by atoms with Crippen LogP contribution < -0.4 is 0 Å². The number of nitrogens with zero attached hydrogens (tertiary/aromatic N) is 15. The summed E-state index contributed by atoms with van der Waals surface area (Å²) in [6.45, 7) is 0. The fraction of sp³-hybridized carbons (Fsp3) is 0. The van der Waals surface area contributed by atoms with Crippen LogP contribution in [-0.4, -0.2) is 72.4 Å². The Kier molecular flexibility index (Phi) is 20.5. The average molecular weight is 1880 g/mol. The van der Waals surface area contributed by atoms with Gasteiger partial charge in [-0.2, -0.15) is 0 Å². The Hall–Kier alpha value is -20.2. The minimum atomic E-state index is 0.857. The van der Waals surface area contributed by atoms with Crippen molar-refractivity contribution in [2.24, 2.45) is 0 Å². The fourth-order valence-electron chi connectivity index (χ4n) is 22.4. The first kappa shape index (κ1) is 84.9. The predicted octanol–water partition coefficient (Wildman–Crippen LogP) is 32.4. The summed E-state index contributed by atoms with van der Waals surface area (Å²) in [6.07, 6.45) is 0. The minimum absolute atomic E-state index is 0.857. The Morgan fingerprint density at radius 2 is 0.347 bits per heavy atom. The Morgan fingerprint density at radius 1 is 0.129 bits per heavy atom. The van der Waals surface area contributed by atoms with Gasteiger partial charge in [-0.1, -0.05) is 367 Å². The summed E-state index contributed by atoms with van der Waals surface area (Å²) in [7, 11) is 0. The lowest BCUT2D eigenvalue weighted by atomic mass is 10.0. The standard InChI is InChI=1S/3C44H29N5/c1-4-14-30(15-5-1)43-44(31-16-6-2-7-17-31)49(46-45-43)34-26-24-33(25-27-34)48-40-23-13-11-21-36(40)38-28-37-35-20-10-12-22-39(35)47(41(37)29-42(38)48)32-18-8-3-9-19-32;1-4-14-30(15-5-1)42-43(31-16-6-2-7-17-31)49(46-45-42)34-26-24-33(25-27-34)47-39-23-13-11-21-37(39)41-40(47)29-28-36-35-20-10-12-22-38(35)48(44(36)41)32-18-8-3-9-19-32;1-4-14-30(15-5-1)43-44(31-16-6-2-7-17-31)49(46-45-43)34-26-24-33(25-27-34)48-38-23-13-11-21-36(38)42-40(48)29-28-39-41(42)35-20-10-12-22-37(35)47(39)32-18-8-3-9-19-32/h3*1-29H. The summed E-state index contributed by atoms with van der Waals surface area (Å²) in [5, 5.41) is 43.0. The van der Waals surface area contributed by atoms with Gasteiger partial charge in [0.1, 0.15) is 34.2 Å². The van der Waals surface area contributed by atoms with Gasteiger partial charge in [0.2, 0.25) is 0 Å². The van der Waals surface area contributed by atoms with Gasteiger partial charge in [-0.3, -0.25) is 0 Å². The molecule has 15 heteroatoms. The van der Waals surface area contributed by atoms with E-state index in [-0.39, 0.29) is 0 Å². The molecule has 21 aromatic carbocycles. The molecule has 0 aliphatic rings. The Bertz CT molecular complexity index is 10100. The first-order valence-corrected chi connectivity index (χ1v) is 49.6. The maximum Gasteiger partial charge on any atom is 0.121 e. The van der Waals surface area contributed by atoms with E-state index >= 15 is 0 Å². The van der Waals surface area contributed by atoms with Crippen molar-refractivity contribution in [2.45, 2.75) is 0 Å². The number of aromatic nitrogens is 15. The van der Waals surface area contributed by atoms with Crippen LogP contribution in [0.4, 0.5) is 0 Å². The van der Waals surface area contributed by atoms with Crippen LogP contribution in [0.15, 0.2) is 528 Å². The zero-order chi connectivity index (χ0) is 96.9. The molecule has 9 heterocycles. The number of para-hydroxylation sites is 9. The SMILES string of the molecule is c1ccc(-c2nnn(-c3ccc(-n4c5ccccc5c5c4ccc4c6ccccc6n(-c6ccccc6)c45)cc3)c2-c2ccccc2)cc1.c1ccc(-c2nnn(-c3ccc(-n4c5ccccc5c5c6c7ccccc7n(-c7ccccc7)c6ccc54)cc3)c2-c2ccccc2)cc1.c1ccc(-c2nnn(-c3ccc(-n4c5ccccc5c5cc6c7ccccc7n(-c7ccccc7)c6cc54)cc3)c2-c2ccccc2)cc1. The molecule has 0 saturated heterocycles. The summed E-state index contributed by atoms with van der Waals surface area (Å²) < 4.78 is 20.2. The second kappa shape index (κ2) is 35.6. The molecule has 15 nitrogen and oxygen atoms in total. The van der Waals surface area contributed by atoms with Crippen molar-refractivity contribution >= 4 is 131 Å². The molecule has 0 fully saturated rings. The Morgan fingerprint density at radius 3 is 0.667 bits per heavy atom. The second-order valence-corrected chi connectivity index (χ2v) is 37.1. The van der Waals surface area contributed by atoms with Crippen LogP contribution in [0.2, 0.25) is 0 Å². The van der Waals surface area contributed by atoms with Crippen molar-refractivity contribution in [1.29, 1.82) is 0 Å². The molecule has 0 amide bonds.